The van der Waals surface area contributed by atoms with Crippen molar-refractivity contribution in [1.82, 2.24) is 0 Å². The molecule has 1 aromatic rings. The molecule has 0 aromatic heterocycles. The Labute approximate surface area is 124 Å². The number of rotatable bonds is 3. The lowest BCUT2D eigenvalue weighted by Gasteiger charge is -2.34. The number of ketones is 1. The first-order valence-electron chi connectivity index (χ1n) is 7.40. The van der Waals surface area contributed by atoms with E-state index in [2.05, 4.69) is 19.2 Å². The second kappa shape index (κ2) is 4.58. The number of hydrogen-bond donors (Lipinski definition) is 1. The maximum atomic E-state index is 12.8. The van der Waals surface area contributed by atoms with Gasteiger partial charge < -0.3 is 10.1 Å². The molecule has 1 amide bonds. The topological polar surface area (TPSA) is 55.4 Å². The van der Waals surface area contributed by atoms with Gasteiger partial charge in [0.2, 0.25) is 5.91 Å². The Morgan fingerprint density at radius 3 is 2.43 bits per heavy atom. The third kappa shape index (κ3) is 1.81. The van der Waals surface area contributed by atoms with Crippen LogP contribution in [-0.2, 0) is 9.59 Å². The van der Waals surface area contributed by atoms with E-state index >= 15 is 0 Å². The summed E-state index contributed by atoms with van der Waals surface area (Å²) >= 11 is 0. The van der Waals surface area contributed by atoms with E-state index in [1.165, 1.54) is 0 Å². The van der Waals surface area contributed by atoms with Gasteiger partial charge in [-0.25, -0.2) is 0 Å². The van der Waals surface area contributed by atoms with Gasteiger partial charge in [0.15, 0.2) is 0 Å². The summed E-state index contributed by atoms with van der Waals surface area (Å²) < 4.78 is 5.10. The van der Waals surface area contributed by atoms with Crippen molar-refractivity contribution in [3.8, 4) is 5.75 Å². The van der Waals surface area contributed by atoms with Crippen LogP contribution in [0, 0.1) is 16.7 Å². The van der Waals surface area contributed by atoms with Gasteiger partial charge in [-0.15, -0.1) is 0 Å². The fourth-order valence-corrected chi connectivity index (χ4v) is 4.12. The summed E-state index contributed by atoms with van der Waals surface area (Å²) in [5.74, 6) is 1.04. The highest BCUT2D eigenvalue weighted by atomic mass is 16.5. The number of carbonyl (C=O) groups is 2. The number of Topliss-reactive ketones (excluding diaryl/α,β-unsaturated/α-hetero) is 1. The Bertz CT molecular complexity index is 591. The molecule has 0 heterocycles. The molecule has 2 saturated carbocycles. The molecule has 3 rings (SSSR count). The molecule has 2 bridgehead atoms. The van der Waals surface area contributed by atoms with Gasteiger partial charge in [0.05, 0.1) is 7.11 Å². The van der Waals surface area contributed by atoms with Crippen LogP contribution < -0.4 is 10.1 Å². The molecule has 2 fully saturated rings. The van der Waals surface area contributed by atoms with Crippen LogP contribution in [0.4, 0.5) is 5.69 Å². The predicted molar refractivity (Wildman–Crippen MR) is 80.2 cm³/mol. The van der Waals surface area contributed by atoms with Gasteiger partial charge in [0.1, 0.15) is 16.9 Å². The van der Waals surface area contributed by atoms with E-state index in [0.717, 1.165) is 12.2 Å². The lowest BCUT2D eigenvalue weighted by molar-refractivity contribution is -0.141. The van der Waals surface area contributed by atoms with Gasteiger partial charge in [-0.1, -0.05) is 13.8 Å². The van der Waals surface area contributed by atoms with Crippen molar-refractivity contribution < 1.29 is 14.3 Å². The fourth-order valence-electron chi connectivity index (χ4n) is 4.12. The van der Waals surface area contributed by atoms with Crippen molar-refractivity contribution in [2.24, 2.45) is 16.7 Å². The van der Waals surface area contributed by atoms with E-state index in [4.69, 9.17) is 4.74 Å². The second-order valence-corrected chi connectivity index (χ2v) is 6.67. The van der Waals surface area contributed by atoms with Crippen molar-refractivity contribution in [2.75, 3.05) is 12.4 Å². The standard InChI is InChI=1S/C17H21NO3/c1-16(2)11-8-9-17(16,14(19)10-11)15(20)18-12-4-6-13(21-3)7-5-12/h4-7,11H,8-10H2,1-3H3,(H,18,20). The van der Waals surface area contributed by atoms with Crippen LogP contribution in [0.3, 0.4) is 0 Å². The van der Waals surface area contributed by atoms with E-state index in [9.17, 15) is 9.59 Å². The number of ether oxygens (including phenoxy) is 1. The van der Waals surface area contributed by atoms with Crippen molar-refractivity contribution >= 4 is 17.4 Å². The van der Waals surface area contributed by atoms with Gasteiger partial charge >= 0.3 is 0 Å². The summed E-state index contributed by atoms with van der Waals surface area (Å²) in [5.41, 5.74) is -0.396. The van der Waals surface area contributed by atoms with E-state index < -0.39 is 5.41 Å². The van der Waals surface area contributed by atoms with Gasteiger partial charge in [-0.2, -0.15) is 0 Å². The summed E-state index contributed by atoms with van der Waals surface area (Å²) in [4.78, 5) is 25.2. The highest BCUT2D eigenvalue weighted by molar-refractivity contribution is 6.14. The van der Waals surface area contributed by atoms with Crippen LogP contribution in [0.5, 0.6) is 5.75 Å². The molecule has 1 N–H and O–H groups in total. The summed E-state index contributed by atoms with van der Waals surface area (Å²) in [6, 6.07) is 7.19. The van der Waals surface area contributed by atoms with Crippen LogP contribution in [0.15, 0.2) is 24.3 Å². The Hall–Kier alpha value is -1.84. The zero-order chi connectivity index (χ0) is 15.3. The molecule has 2 aliphatic rings. The minimum absolute atomic E-state index is 0.106. The van der Waals surface area contributed by atoms with Crippen LogP contribution in [0.2, 0.25) is 0 Å². The normalized spacial score (nSPS) is 29.5. The van der Waals surface area contributed by atoms with E-state index in [0.29, 0.717) is 24.4 Å². The van der Waals surface area contributed by atoms with Crippen LogP contribution in [0.1, 0.15) is 33.1 Å². The predicted octanol–water partition coefficient (Wildman–Crippen LogP) is 3.03. The summed E-state index contributed by atoms with van der Waals surface area (Å²) in [6.45, 7) is 4.12. The Morgan fingerprint density at radius 1 is 1.29 bits per heavy atom. The molecule has 4 nitrogen and oxygen atoms in total. The Morgan fingerprint density at radius 2 is 1.95 bits per heavy atom. The molecule has 4 heteroatoms. The molecule has 21 heavy (non-hydrogen) atoms. The van der Waals surface area contributed by atoms with E-state index in [-0.39, 0.29) is 17.1 Å². The molecule has 2 atom stereocenters. The average molecular weight is 287 g/mol. The van der Waals surface area contributed by atoms with Crippen molar-refractivity contribution in [3.63, 3.8) is 0 Å². The number of amides is 1. The largest absolute Gasteiger partial charge is 0.497 e. The summed E-state index contributed by atoms with van der Waals surface area (Å²) in [6.07, 6.45) is 2.18. The van der Waals surface area contributed by atoms with Gasteiger partial charge in [0, 0.05) is 12.1 Å². The van der Waals surface area contributed by atoms with Gasteiger partial charge in [-0.05, 0) is 48.4 Å². The molecule has 2 aliphatic carbocycles. The molecule has 112 valence electrons. The Kier molecular flexibility index (Phi) is 3.08. The highest BCUT2D eigenvalue weighted by Crippen LogP contribution is 2.64. The lowest BCUT2D eigenvalue weighted by Crippen LogP contribution is -2.46. The minimum Gasteiger partial charge on any atom is -0.497 e. The Balaban J connectivity index is 1.86. The first-order chi connectivity index (χ1) is 9.91. The van der Waals surface area contributed by atoms with Gasteiger partial charge in [0.25, 0.3) is 0 Å². The zero-order valence-corrected chi connectivity index (χ0v) is 12.7. The molecule has 0 spiro atoms. The zero-order valence-electron chi connectivity index (χ0n) is 12.7. The number of methoxy groups -OCH3 is 1. The maximum Gasteiger partial charge on any atom is 0.238 e. The first kappa shape index (κ1) is 14.1. The third-order valence-corrected chi connectivity index (χ3v) is 5.63. The number of anilines is 1. The average Bonchev–Trinajstić information content (AvgIpc) is 2.83. The van der Waals surface area contributed by atoms with Crippen LogP contribution >= 0.6 is 0 Å². The third-order valence-electron chi connectivity index (χ3n) is 5.63. The minimum atomic E-state index is -0.850. The van der Waals surface area contributed by atoms with E-state index in [1.54, 1.807) is 31.4 Å². The maximum absolute atomic E-state index is 12.8. The van der Waals surface area contributed by atoms with Crippen LogP contribution in [-0.4, -0.2) is 18.8 Å². The molecule has 0 radical (unpaired) electrons. The first-order valence-corrected chi connectivity index (χ1v) is 7.40. The second-order valence-electron chi connectivity index (χ2n) is 6.67. The highest BCUT2D eigenvalue weighted by Gasteiger charge is 2.68. The number of fused-ring (bicyclic) bond motifs is 2. The molecule has 1 aromatic carbocycles. The fraction of sp³-hybridized carbons (Fsp3) is 0.529. The number of hydrogen-bond acceptors (Lipinski definition) is 3. The monoisotopic (exact) mass is 287 g/mol. The lowest BCUT2D eigenvalue weighted by atomic mass is 9.68. The van der Waals surface area contributed by atoms with Crippen molar-refractivity contribution in [2.45, 2.75) is 33.1 Å². The molecular weight excluding hydrogens is 266 g/mol. The molecule has 0 saturated heterocycles. The SMILES string of the molecule is COc1ccc(NC(=O)C23CCC(CC2=O)C3(C)C)cc1. The van der Waals surface area contributed by atoms with Crippen molar-refractivity contribution in [3.05, 3.63) is 24.3 Å². The molecule has 0 aliphatic heterocycles. The smallest absolute Gasteiger partial charge is 0.238 e. The number of carbonyl (C=O) groups excluding carboxylic acids is 2. The summed E-state index contributed by atoms with van der Waals surface area (Å²) in [5, 5.41) is 2.92. The summed E-state index contributed by atoms with van der Waals surface area (Å²) in [7, 11) is 1.60. The molecule has 2 unspecified atom stereocenters. The number of benzene rings is 1. The van der Waals surface area contributed by atoms with E-state index in [1.807, 2.05) is 0 Å². The quantitative estimate of drug-likeness (QED) is 0.869. The number of nitrogens with one attached hydrogen (secondary N) is 1. The molecular formula is C17H21NO3. The van der Waals surface area contributed by atoms with Crippen LogP contribution in [0.25, 0.3) is 0 Å². The van der Waals surface area contributed by atoms with Crippen molar-refractivity contribution in [1.29, 1.82) is 0 Å². The van der Waals surface area contributed by atoms with Gasteiger partial charge in [-0.3, -0.25) is 9.59 Å².